The Morgan fingerprint density at radius 2 is 2.16 bits per heavy atom. The highest BCUT2D eigenvalue weighted by molar-refractivity contribution is 9.10. The van der Waals surface area contributed by atoms with Gasteiger partial charge in [-0.25, -0.2) is 0 Å². The standard InChI is InChI=1S/C15H21BrN2O/c1-19-15-6-5-11(16)10-13(15)17-12-7-9-18-8-3-2-4-14(12)18/h5-6,10,12,14,17H,2-4,7-9H2,1H3. The Bertz CT molecular complexity index is 452. The van der Waals surface area contributed by atoms with Gasteiger partial charge in [0.05, 0.1) is 12.8 Å². The lowest BCUT2D eigenvalue weighted by molar-refractivity contribution is 0.192. The molecule has 4 heteroatoms. The van der Waals surface area contributed by atoms with Crippen molar-refractivity contribution in [1.82, 2.24) is 4.90 Å². The Balaban J connectivity index is 1.76. The summed E-state index contributed by atoms with van der Waals surface area (Å²) in [6.07, 6.45) is 5.30. The van der Waals surface area contributed by atoms with Gasteiger partial charge < -0.3 is 10.1 Å². The van der Waals surface area contributed by atoms with E-state index in [1.807, 2.05) is 12.1 Å². The van der Waals surface area contributed by atoms with E-state index in [9.17, 15) is 0 Å². The fourth-order valence-electron chi connectivity index (χ4n) is 3.41. The number of halogens is 1. The first-order valence-corrected chi connectivity index (χ1v) is 7.91. The molecule has 0 saturated carbocycles. The van der Waals surface area contributed by atoms with E-state index in [1.54, 1.807) is 7.11 Å². The van der Waals surface area contributed by atoms with Crippen LogP contribution in [0.15, 0.2) is 22.7 Å². The molecule has 2 unspecified atom stereocenters. The summed E-state index contributed by atoms with van der Waals surface area (Å²) in [7, 11) is 1.73. The topological polar surface area (TPSA) is 24.5 Å². The summed E-state index contributed by atoms with van der Waals surface area (Å²) in [6, 6.07) is 7.41. The number of methoxy groups -OCH3 is 1. The Hall–Kier alpha value is -0.740. The fourth-order valence-corrected chi connectivity index (χ4v) is 3.77. The first-order chi connectivity index (χ1) is 9.28. The first kappa shape index (κ1) is 13.3. The zero-order valence-corrected chi connectivity index (χ0v) is 12.9. The van der Waals surface area contributed by atoms with Crippen LogP contribution in [0.5, 0.6) is 5.75 Å². The number of anilines is 1. The minimum absolute atomic E-state index is 0.559. The van der Waals surface area contributed by atoms with Crippen LogP contribution >= 0.6 is 15.9 Å². The van der Waals surface area contributed by atoms with Crippen molar-refractivity contribution in [1.29, 1.82) is 0 Å². The molecule has 3 nitrogen and oxygen atoms in total. The third-order valence-corrected chi connectivity index (χ3v) is 4.85. The average Bonchev–Trinajstić information content (AvgIpc) is 2.83. The van der Waals surface area contributed by atoms with Gasteiger partial charge in [0.25, 0.3) is 0 Å². The van der Waals surface area contributed by atoms with Crippen LogP contribution in [0, 0.1) is 0 Å². The van der Waals surface area contributed by atoms with Crippen molar-refractivity contribution in [3.8, 4) is 5.75 Å². The number of benzene rings is 1. The van der Waals surface area contributed by atoms with Crippen LogP contribution in [0.2, 0.25) is 0 Å². The van der Waals surface area contributed by atoms with E-state index in [0.717, 1.165) is 15.9 Å². The summed E-state index contributed by atoms with van der Waals surface area (Å²) >= 11 is 3.54. The summed E-state index contributed by atoms with van der Waals surface area (Å²) in [4.78, 5) is 2.64. The van der Waals surface area contributed by atoms with Crippen molar-refractivity contribution in [3.05, 3.63) is 22.7 Å². The van der Waals surface area contributed by atoms with E-state index in [4.69, 9.17) is 4.74 Å². The van der Waals surface area contributed by atoms with Gasteiger partial charge in [-0.2, -0.15) is 0 Å². The number of nitrogens with zero attached hydrogens (tertiary/aromatic N) is 1. The Kier molecular flexibility index (Phi) is 3.99. The van der Waals surface area contributed by atoms with Crippen molar-refractivity contribution in [3.63, 3.8) is 0 Å². The predicted octanol–water partition coefficient (Wildman–Crippen LogP) is 3.50. The van der Waals surface area contributed by atoms with Crippen molar-refractivity contribution >= 4 is 21.6 Å². The molecule has 1 aromatic carbocycles. The molecule has 2 fully saturated rings. The number of rotatable bonds is 3. The van der Waals surface area contributed by atoms with Gasteiger partial charge >= 0.3 is 0 Å². The fraction of sp³-hybridized carbons (Fsp3) is 0.600. The van der Waals surface area contributed by atoms with Gasteiger partial charge in [-0.3, -0.25) is 4.90 Å². The van der Waals surface area contributed by atoms with Crippen LogP contribution in [-0.2, 0) is 0 Å². The third-order valence-electron chi connectivity index (χ3n) is 4.36. The van der Waals surface area contributed by atoms with E-state index in [1.165, 1.54) is 38.8 Å². The molecule has 3 rings (SSSR count). The molecule has 2 atom stereocenters. The molecular formula is C15H21BrN2O. The molecule has 2 aliphatic heterocycles. The van der Waals surface area contributed by atoms with Gasteiger partial charge in [-0.15, -0.1) is 0 Å². The van der Waals surface area contributed by atoms with Gasteiger partial charge in [0, 0.05) is 23.1 Å². The van der Waals surface area contributed by atoms with Crippen LogP contribution in [0.3, 0.4) is 0 Å². The second kappa shape index (κ2) is 5.71. The van der Waals surface area contributed by atoms with Crippen LogP contribution in [0.1, 0.15) is 25.7 Å². The molecule has 0 spiro atoms. The average molecular weight is 325 g/mol. The van der Waals surface area contributed by atoms with E-state index < -0.39 is 0 Å². The van der Waals surface area contributed by atoms with Crippen LogP contribution in [0.25, 0.3) is 0 Å². The van der Waals surface area contributed by atoms with Gasteiger partial charge in [0.2, 0.25) is 0 Å². The molecule has 2 heterocycles. The lowest BCUT2D eigenvalue weighted by Gasteiger charge is -2.33. The second-order valence-corrected chi connectivity index (χ2v) is 6.40. The Labute approximate surface area is 123 Å². The van der Waals surface area contributed by atoms with Gasteiger partial charge in [0.15, 0.2) is 0 Å². The van der Waals surface area contributed by atoms with Crippen molar-refractivity contribution in [2.45, 2.75) is 37.8 Å². The third kappa shape index (κ3) is 2.75. The number of nitrogens with one attached hydrogen (secondary N) is 1. The maximum atomic E-state index is 5.45. The molecule has 0 amide bonds. The molecular weight excluding hydrogens is 304 g/mol. The number of hydrogen-bond donors (Lipinski definition) is 1. The molecule has 0 bridgehead atoms. The maximum absolute atomic E-state index is 5.45. The molecule has 0 aromatic heterocycles. The number of ether oxygens (including phenoxy) is 1. The van der Waals surface area contributed by atoms with Crippen LogP contribution < -0.4 is 10.1 Å². The largest absolute Gasteiger partial charge is 0.495 e. The van der Waals surface area contributed by atoms with E-state index in [2.05, 4.69) is 32.2 Å². The lowest BCUT2D eigenvalue weighted by Crippen LogP contribution is -2.41. The summed E-state index contributed by atoms with van der Waals surface area (Å²) in [5, 5.41) is 3.70. The molecule has 2 saturated heterocycles. The number of hydrogen-bond acceptors (Lipinski definition) is 3. The van der Waals surface area contributed by atoms with Gasteiger partial charge in [-0.1, -0.05) is 22.4 Å². The summed E-state index contributed by atoms with van der Waals surface area (Å²) < 4.78 is 6.54. The highest BCUT2D eigenvalue weighted by Gasteiger charge is 2.35. The molecule has 1 aromatic rings. The Morgan fingerprint density at radius 3 is 3.00 bits per heavy atom. The van der Waals surface area contributed by atoms with E-state index in [0.29, 0.717) is 12.1 Å². The highest BCUT2D eigenvalue weighted by atomic mass is 79.9. The van der Waals surface area contributed by atoms with Gasteiger partial charge in [-0.05, 0) is 44.0 Å². The number of fused-ring (bicyclic) bond motifs is 1. The second-order valence-electron chi connectivity index (χ2n) is 5.48. The molecule has 1 N–H and O–H groups in total. The lowest BCUT2D eigenvalue weighted by atomic mass is 9.99. The smallest absolute Gasteiger partial charge is 0.142 e. The minimum atomic E-state index is 0.559. The van der Waals surface area contributed by atoms with Crippen molar-refractivity contribution in [2.75, 3.05) is 25.5 Å². The van der Waals surface area contributed by atoms with Crippen LogP contribution in [0.4, 0.5) is 5.69 Å². The van der Waals surface area contributed by atoms with E-state index >= 15 is 0 Å². The van der Waals surface area contributed by atoms with E-state index in [-0.39, 0.29) is 0 Å². The van der Waals surface area contributed by atoms with Crippen molar-refractivity contribution < 1.29 is 4.74 Å². The molecule has 0 aliphatic carbocycles. The maximum Gasteiger partial charge on any atom is 0.142 e. The molecule has 2 aliphatic rings. The van der Waals surface area contributed by atoms with Crippen LogP contribution in [-0.4, -0.2) is 37.2 Å². The monoisotopic (exact) mass is 324 g/mol. The molecule has 104 valence electrons. The summed E-state index contributed by atoms with van der Waals surface area (Å²) in [6.45, 7) is 2.51. The molecule has 19 heavy (non-hydrogen) atoms. The number of piperidine rings is 1. The SMILES string of the molecule is COc1ccc(Br)cc1NC1CCN2CCCCC12. The normalized spacial score (nSPS) is 27.1. The van der Waals surface area contributed by atoms with Crippen molar-refractivity contribution in [2.24, 2.45) is 0 Å². The predicted molar refractivity (Wildman–Crippen MR) is 81.9 cm³/mol. The zero-order valence-electron chi connectivity index (χ0n) is 11.4. The Morgan fingerprint density at radius 1 is 1.26 bits per heavy atom. The van der Waals surface area contributed by atoms with Gasteiger partial charge in [0.1, 0.15) is 5.75 Å². The first-order valence-electron chi connectivity index (χ1n) is 7.12. The highest BCUT2D eigenvalue weighted by Crippen LogP contribution is 2.33. The summed E-state index contributed by atoms with van der Waals surface area (Å²) in [5.74, 6) is 0.928. The minimum Gasteiger partial charge on any atom is -0.495 e. The quantitative estimate of drug-likeness (QED) is 0.921. The summed E-state index contributed by atoms with van der Waals surface area (Å²) in [5.41, 5.74) is 1.11. The molecule has 0 radical (unpaired) electrons. The zero-order chi connectivity index (χ0) is 13.2.